The summed E-state index contributed by atoms with van der Waals surface area (Å²) in [7, 11) is -3.23. The summed E-state index contributed by atoms with van der Waals surface area (Å²) in [5.41, 5.74) is 1.73. The second-order valence-corrected chi connectivity index (χ2v) is 8.02. The van der Waals surface area contributed by atoms with Gasteiger partial charge in [-0.2, -0.15) is 0 Å². The lowest BCUT2D eigenvalue weighted by atomic mass is 10.2. The number of sulfone groups is 1. The van der Waals surface area contributed by atoms with Crippen molar-refractivity contribution in [1.29, 1.82) is 0 Å². The molecule has 6 heteroatoms. The van der Waals surface area contributed by atoms with Gasteiger partial charge in [0.1, 0.15) is 5.75 Å². The van der Waals surface area contributed by atoms with Crippen LogP contribution in [0.2, 0.25) is 5.02 Å². The summed E-state index contributed by atoms with van der Waals surface area (Å²) >= 11 is 6.04. The van der Waals surface area contributed by atoms with Crippen molar-refractivity contribution in [2.24, 2.45) is 0 Å². The van der Waals surface area contributed by atoms with E-state index in [2.05, 4.69) is 5.16 Å². The molecule has 4 nitrogen and oxygen atoms in total. The molecule has 0 aliphatic heterocycles. The molecular weight excluding hydrogens is 310 g/mol. The zero-order chi connectivity index (χ0) is 14.9. The van der Waals surface area contributed by atoms with Crippen LogP contribution in [0.25, 0.3) is 0 Å². The quantitative estimate of drug-likeness (QED) is 0.817. The van der Waals surface area contributed by atoms with Gasteiger partial charge in [-0.05, 0) is 30.9 Å². The molecule has 3 rings (SSSR count). The Morgan fingerprint density at radius 3 is 2.76 bits per heavy atom. The molecule has 0 unspecified atom stereocenters. The van der Waals surface area contributed by atoms with E-state index >= 15 is 0 Å². The first-order valence-electron chi connectivity index (χ1n) is 6.93. The fourth-order valence-electron chi connectivity index (χ4n) is 2.22. The maximum absolute atomic E-state index is 12.1. The maximum atomic E-state index is 12.1. The largest absolute Gasteiger partial charge is 0.360 e. The van der Waals surface area contributed by atoms with Crippen LogP contribution in [-0.4, -0.2) is 19.3 Å². The average Bonchev–Trinajstić information content (AvgIpc) is 3.19. The molecule has 1 saturated carbocycles. The number of aromatic nitrogens is 1. The summed E-state index contributed by atoms with van der Waals surface area (Å²) in [4.78, 5) is 0. The topological polar surface area (TPSA) is 60.2 Å². The van der Waals surface area contributed by atoms with Crippen LogP contribution in [-0.2, 0) is 22.0 Å². The molecule has 1 aromatic heterocycles. The summed E-state index contributed by atoms with van der Waals surface area (Å²) < 4.78 is 29.4. The molecule has 1 fully saturated rings. The molecule has 1 aliphatic carbocycles. The van der Waals surface area contributed by atoms with Gasteiger partial charge in [0, 0.05) is 17.0 Å². The lowest BCUT2D eigenvalue weighted by Gasteiger charge is -2.04. The van der Waals surface area contributed by atoms with Crippen LogP contribution in [0, 0.1) is 0 Å². The summed E-state index contributed by atoms with van der Waals surface area (Å²) in [5.74, 6) is 0.845. The molecule has 0 radical (unpaired) electrons. The number of halogens is 1. The first-order chi connectivity index (χ1) is 10.0. The summed E-state index contributed by atoms with van der Waals surface area (Å²) in [6, 6.07) is 9.06. The predicted molar refractivity (Wildman–Crippen MR) is 81.1 cm³/mol. The Morgan fingerprint density at radius 1 is 1.29 bits per heavy atom. The number of benzene rings is 1. The third-order valence-electron chi connectivity index (χ3n) is 3.58. The van der Waals surface area contributed by atoms with Crippen molar-refractivity contribution in [2.75, 3.05) is 5.75 Å². The molecule has 21 heavy (non-hydrogen) atoms. The smallest absolute Gasteiger partial charge is 0.157 e. The van der Waals surface area contributed by atoms with Crippen molar-refractivity contribution >= 4 is 21.4 Å². The first kappa shape index (κ1) is 14.6. The molecule has 0 N–H and O–H groups in total. The Bertz CT molecular complexity index is 735. The first-order valence-corrected chi connectivity index (χ1v) is 9.13. The van der Waals surface area contributed by atoms with Gasteiger partial charge in [0.25, 0.3) is 0 Å². The normalized spacial score (nSPS) is 15.3. The van der Waals surface area contributed by atoms with Gasteiger partial charge in [-0.15, -0.1) is 0 Å². The van der Waals surface area contributed by atoms with Gasteiger partial charge in [-0.3, -0.25) is 0 Å². The van der Waals surface area contributed by atoms with E-state index in [0.717, 1.165) is 24.1 Å². The van der Waals surface area contributed by atoms with E-state index in [0.29, 0.717) is 23.1 Å². The summed E-state index contributed by atoms with van der Waals surface area (Å²) in [6.45, 7) is 0. The predicted octanol–water partition coefficient (Wildman–Crippen LogP) is 3.36. The van der Waals surface area contributed by atoms with E-state index in [-0.39, 0.29) is 11.5 Å². The Balaban J connectivity index is 1.62. The number of nitrogens with zero attached hydrogens (tertiary/aromatic N) is 1. The molecule has 1 aromatic carbocycles. The van der Waals surface area contributed by atoms with Crippen molar-refractivity contribution in [3.63, 3.8) is 0 Å². The Labute approximate surface area is 129 Å². The number of rotatable bonds is 6. The van der Waals surface area contributed by atoms with E-state index in [1.54, 1.807) is 12.1 Å². The zero-order valence-corrected chi connectivity index (χ0v) is 13.0. The van der Waals surface area contributed by atoms with Crippen molar-refractivity contribution in [3.8, 4) is 0 Å². The van der Waals surface area contributed by atoms with Crippen LogP contribution in [0.3, 0.4) is 0 Å². The fourth-order valence-corrected chi connectivity index (χ4v) is 3.70. The highest BCUT2D eigenvalue weighted by Crippen LogP contribution is 2.39. The Kier molecular flexibility index (Phi) is 4.04. The molecule has 112 valence electrons. The number of hydrogen-bond acceptors (Lipinski definition) is 4. The second kappa shape index (κ2) is 5.81. The molecular formula is C15H16ClNO3S. The summed E-state index contributed by atoms with van der Waals surface area (Å²) in [6.07, 6.45) is 2.64. The molecule has 0 bridgehead atoms. The molecule has 0 atom stereocenters. The van der Waals surface area contributed by atoms with Crippen LogP contribution < -0.4 is 0 Å². The van der Waals surface area contributed by atoms with Gasteiger partial charge in [0.15, 0.2) is 15.6 Å². The van der Waals surface area contributed by atoms with E-state index < -0.39 is 9.84 Å². The Morgan fingerprint density at radius 2 is 2.05 bits per heavy atom. The van der Waals surface area contributed by atoms with E-state index in [4.69, 9.17) is 16.1 Å². The molecule has 2 aromatic rings. The molecule has 1 heterocycles. The zero-order valence-electron chi connectivity index (χ0n) is 11.5. The lowest BCUT2D eigenvalue weighted by Crippen LogP contribution is -2.11. The van der Waals surface area contributed by atoms with Crippen LogP contribution in [0.5, 0.6) is 0 Å². The number of hydrogen-bond donors (Lipinski definition) is 0. The molecule has 1 aliphatic rings. The van der Waals surface area contributed by atoms with Crippen LogP contribution in [0.15, 0.2) is 34.9 Å². The average molecular weight is 326 g/mol. The van der Waals surface area contributed by atoms with Crippen molar-refractivity contribution in [3.05, 3.63) is 52.4 Å². The lowest BCUT2D eigenvalue weighted by molar-refractivity contribution is 0.386. The maximum Gasteiger partial charge on any atom is 0.157 e. The van der Waals surface area contributed by atoms with Crippen molar-refractivity contribution < 1.29 is 12.9 Å². The highest BCUT2D eigenvalue weighted by molar-refractivity contribution is 7.90. The standard InChI is InChI=1S/C15H16ClNO3S/c16-14-4-2-1-3-11(14)7-8-21(18,19)10-13-9-15(17-20-13)12-5-6-12/h1-4,9,12H,5-8,10H2. The minimum atomic E-state index is -3.23. The monoisotopic (exact) mass is 325 g/mol. The SMILES string of the molecule is O=S(=O)(CCc1ccccc1Cl)Cc1cc(C2CC2)no1. The minimum absolute atomic E-state index is 0.0518. The minimum Gasteiger partial charge on any atom is -0.360 e. The van der Waals surface area contributed by atoms with Gasteiger partial charge in [-0.25, -0.2) is 8.42 Å². The van der Waals surface area contributed by atoms with Crippen LogP contribution in [0.1, 0.15) is 35.8 Å². The van der Waals surface area contributed by atoms with E-state index in [1.807, 2.05) is 18.2 Å². The van der Waals surface area contributed by atoms with Crippen molar-refractivity contribution in [2.45, 2.75) is 30.9 Å². The third kappa shape index (κ3) is 3.86. The van der Waals surface area contributed by atoms with Crippen LogP contribution in [0.4, 0.5) is 0 Å². The Hall–Kier alpha value is -1.33. The third-order valence-corrected chi connectivity index (χ3v) is 5.49. The van der Waals surface area contributed by atoms with E-state index in [9.17, 15) is 8.42 Å². The summed E-state index contributed by atoms with van der Waals surface area (Å²) in [5, 5.41) is 4.53. The van der Waals surface area contributed by atoms with Gasteiger partial charge < -0.3 is 4.52 Å². The van der Waals surface area contributed by atoms with Gasteiger partial charge in [-0.1, -0.05) is 35.0 Å². The number of aryl methyl sites for hydroxylation is 1. The fraction of sp³-hybridized carbons (Fsp3) is 0.400. The van der Waals surface area contributed by atoms with Gasteiger partial charge in [0.2, 0.25) is 0 Å². The molecule has 0 amide bonds. The second-order valence-electron chi connectivity index (χ2n) is 5.43. The molecule has 0 spiro atoms. The van der Waals surface area contributed by atoms with E-state index in [1.165, 1.54) is 0 Å². The van der Waals surface area contributed by atoms with Crippen LogP contribution >= 0.6 is 11.6 Å². The van der Waals surface area contributed by atoms with Gasteiger partial charge >= 0.3 is 0 Å². The van der Waals surface area contributed by atoms with Gasteiger partial charge in [0.05, 0.1) is 11.4 Å². The highest BCUT2D eigenvalue weighted by Gasteiger charge is 2.27. The molecule has 0 saturated heterocycles. The highest BCUT2D eigenvalue weighted by atomic mass is 35.5. The van der Waals surface area contributed by atoms with Crippen molar-refractivity contribution in [1.82, 2.24) is 5.16 Å².